The van der Waals surface area contributed by atoms with Gasteiger partial charge in [-0.25, -0.2) is 0 Å². The van der Waals surface area contributed by atoms with Gasteiger partial charge in [-0.1, -0.05) is 0 Å². The summed E-state index contributed by atoms with van der Waals surface area (Å²) in [6, 6.07) is 5.91. The first-order valence-electron chi connectivity index (χ1n) is 5.47. The molecule has 1 aliphatic rings. The second-order valence-corrected chi connectivity index (χ2v) is 4.54. The van der Waals surface area contributed by atoms with E-state index in [4.69, 9.17) is 9.15 Å². The molecule has 3 rings (SSSR count). The van der Waals surface area contributed by atoms with E-state index in [1.165, 1.54) is 0 Å². The fourth-order valence-electron chi connectivity index (χ4n) is 2.06. The Balaban J connectivity index is 2.04. The lowest BCUT2D eigenvalue weighted by Crippen LogP contribution is -2.10. The third-order valence-corrected chi connectivity index (χ3v) is 3.16. The average molecular weight is 218 g/mol. The molecular formula is C13H14O3. The van der Waals surface area contributed by atoms with Gasteiger partial charge in [0.15, 0.2) is 11.3 Å². The molecule has 0 atom stereocenters. The molecule has 1 saturated carbocycles. The Morgan fingerprint density at radius 3 is 2.94 bits per heavy atom. The van der Waals surface area contributed by atoms with Crippen molar-refractivity contribution in [3.05, 3.63) is 30.0 Å². The Bertz CT molecular complexity index is 523. The molecule has 1 fully saturated rings. The zero-order valence-corrected chi connectivity index (χ0v) is 9.19. The summed E-state index contributed by atoms with van der Waals surface area (Å²) in [6.45, 7) is 0. The number of methoxy groups -OCH3 is 1. The minimum Gasteiger partial charge on any atom is -0.493 e. The Morgan fingerprint density at radius 2 is 2.25 bits per heavy atom. The van der Waals surface area contributed by atoms with Gasteiger partial charge < -0.3 is 14.3 Å². The summed E-state index contributed by atoms with van der Waals surface area (Å²) >= 11 is 0. The van der Waals surface area contributed by atoms with Gasteiger partial charge in [0.1, 0.15) is 0 Å². The first-order valence-corrected chi connectivity index (χ1v) is 5.47. The maximum atomic E-state index is 9.90. The molecule has 3 nitrogen and oxygen atoms in total. The summed E-state index contributed by atoms with van der Waals surface area (Å²) in [6.07, 6.45) is 4.16. The number of aliphatic hydroxyl groups is 1. The number of hydrogen-bond donors (Lipinski definition) is 1. The Kier molecular flexibility index (Phi) is 1.98. The van der Waals surface area contributed by atoms with Gasteiger partial charge in [-0.15, -0.1) is 0 Å². The van der Waals surface area contributed by atoms with Crippen molar-refractivity contribution in [2.24, 2.45) is 0 Å². The van der Waals surface area contributed by atoms with Gasteiger partial charge in [0.05, 0.1) is 19.0 Å². The smallest absolute Gasteiger partial charge is 0.175 e. The summed E-state index contributed by atoms with van der Waals surface area (Å²) in [4.78, 5) is 0. The van der Waals surface area contributed by atoms with Crippen LogP contribution in [-0.4, -0.2) is 17.8 Å². The maximum Gasteiger partial charge on any atom is 0.175 e. The lowest BCUT2D eigenvalue weighted by Gasteiger charge is -2.09. The standard InChI is InChI=1S/C13H14O3/c1-15-11-7-9(8-13(14)3-4-13)6-10-2-5-16-12(10)11/h2,5-7,14H,3-4,8H2,1H3. The first kappa shape index (κ1) is 9.73. The predicted molar refractivity (Wildman–Crippen MR) is 60.7 cm³/mol. The van der Waals surface area contributed by atoms with Crippen molar-refractivity contribution < 1.29 is 14.3 Å². The highest BCUT2D eigenvalue weighted by molar-refractivity contribution is 5.84. The van der Waals surface area contributed by atoms with E-state index in [-0.39, 0.29) is 0 Å². The number of rotatable bonds is 3. The largest absolute Gasteiger partial charge is 0.493 e. The minimum atomic E-state index is -0.470. The third kappa shape index (κ3) is 1.57. The van der Waals surface area contributed by atoms with Crippen LogP contribution < -0.4 is 4.74 Å². The number of fused-ring (bicyclic) bond motifs is 1. The van der Waals surface area contributed by atoms with Gasteiger partial charge in [0, 0.05) is 11.8 Å². The molecule has 1 heterocycles. The molecule has 0 spiro atoms. The van der Waals surface area contributed by atoms with E-state index in [2.05, 4.69) is 6.07 Å². The van der Waals surface area contributed by atoms with E-state index in [0.29, 0.717) is 6.42 Å². The molecule has 84 valence electrons. The normalized spacial score (nSPS) is 17.6. The van der Waals surface area contributed by atoms with Gasteiger partial charge >= 0.3 is 0 Å². The Morgan fingerprint density at radius 1 is 1.44 bits per heavy atom. The number of furan rings is 1. The van der Waals surface area contributed by atoms with E-state index in [1.807, 2.05) is 12.1 Å². The molecule has 3 heteroatoms. The van der Waals surface area contributed by atoms with Gasteiger partial charge in [-0.05, 0) is 36.6 Å². The van der Waals surface area contributed by atoms with Crippen molar-refractivity contribution in [2.75, 3.05) is 7.11 Å². The van der Waals surface area contributed by atoms with E-state index < -0.39 is 5.60 Å². The molecule has 0 aliphatic heterocycles. The molecule has 0 saturated heterocycles. The van der Waals surface area contributed by atoms with Crippen LogP contribution in [0.4, 0.5) is 0 Å². The average Bonchev–Trinajstić information content (AvgIpc) is 2.80. The quantitative estimate of drug-likeness (QED) is 0.860. The zero-order valence-electron chi connectivity index (χ0n) is 9.19. The zero-order chi connectivity index (χ0) is 11.2. The van der Waals surface area contributed by atoms with Crippen molar-refractivity contribution >= 4 is 11.0 Å². The highest BCUT2D eigenvalue weighted by Gasteiger charge is 2.40. The molecular weight excluding hydrogens is 204 g/mol. The van der Waals surface area contributed by atoms with E-state index in [0.717, 1.165) is 35.1 Å². The molecule has 0 radical (unpaired) electrons. The highest BCUT2D eigenvalue weighted by Crippen LogP contribution is 2.39. The SMILES string of the molecule is COc1cc(CC2(O)CC2)cc2ccoc12. The molecule has 1 aliphatic carbocycles. The van der Waals surface area contributed by atoms with Crippen LogP contribution in [0.25, 0.3) is 11.0 Å². The Hall–Kier alpha value is -1.48. The van der Waals surface area contributed by atoms with Crippen LogP contribution in [0.5, 0.6) is 5.75 Å². The van der Waals surface area contributed by atoms with Crippen LogP contribution in [0, 0.1) is 0 Å². The molecule has 0 bridgehead atoms. The topological polar surface area (TPSA) is 42.6 Å². The number of hydrogen-bond acceptors (Lipinski definition) is 3. The lowest BCUT2D eigenvalue weighted by atomic mass is 10.0. The van der Waals surface area contributed by atoms with Gasteiger partial charge in [-0.2, -0.15) is 0 Å². The van der Waals surface area contributed by atoms with Gasteiger partial charge in [-0.3, -0.25) is 0 Å². The second kappa shape index (κ2) is 3.25. The molecule has 0 unspecified atom stereocenters. The molecule has 2 aromatic rings. The van der Waals surface area contributed by atoms with Crippen molar-refractivity contribution in [3.8, 4) is 5.75 Å². The van der Waals surface area contributed by atoms with Crippen LogP contribution in [0.1, 0.15) is 18.4 Å². The molecule has 1 N–H and O–H groups in total. The third-order valence-electron chi connectivity index (χ3n) is 3.16. The van der Waals surface area contributed by atoms with Crippen LogP contribution in [0.2, 0.25) is 0 Å². The van der Waals surface area contributed by atoms with Gasteiger partial charge in [0.25, 0.3) is 0 Å². The predicted octanol–water partition coefficient (Wildman–Crippen LogP) is 2.51. The van der Waals surface area contributed by atoms with Crippen LogP contribution in [0.3, 0.4) is 0 Å². The Labute approximate surface area is 93.6 Å². The minimum absolute atomic E-state index is 0.470. The monoisotopic (exact) mass is 218 g/mol. The first-order chi connectivity index (χ1) is 7.70. The van der Waals surface area contributed by atoms with Crippen molar-refractivity contribution in [3.63, 3.8) is 0 Å². The fourth-order valence-corrected chi connectivity index (χ4v) is 2.06. The summed E-state index contributed by atoms with van der Waals surface area (Å²) in [7, 11) is 1.63. The number of benzene rings is 1. The van der Waals surface area contributed by atoms with E-state index in [1.54, 1.807) is 13.4 Å². The highest BCUT2D eigenvalue weighted by atomic mass is 16.5. The fraction of sp³-hybridized carbons (Fsp3) is 0.385. The molecule has 0 amide bonds. The molecule has 16 heavy (non-hydrogen) atoms. The van der Waals surface area contributed by atoms with Crippen LogP contribution >= 0.6 is 0 Å². The van der Waals surface area contributed by atoms with E-state index in [9.17, 15) is 5.11 Å². The van der Waals surface area contributed by atoms with Crippen molar-refractivity contribution in [1.82, 2.24) is 0 Å². The summed E-state index contributed by atoms with van der Waals surface area (Å²) in [5, 5.41) is 10.9. The van der Waals surface area contributed by atoms with Gasteiger partial charge in [0.2, 0.25) is 0 Å². The van der Waals surface area contributed by atoms with E-state index >= 15 is 0 Å². The van der Waals surface area contributed by atoms with Crippen molar-refractivity contribution in [1.29, 1.82) is 0 Å². The van der Waals surface area contributed by atoms with Crippen LogP contribution in [-0.2, 0) is 6.42 Å². The summed E-state index contributed by atoms with van der Waals surface area (Å²) in [5.74, 6) is 0.738. The lowest BCUT2D eigenvalue weighted by molar-refractivity contribution is 0.151. The van der Waals surface area contributed by atoms with Crippen LogP contribution in [0.15, 0.2) is 28.9 Å². The number of ether oxygens (including phenoxy) is 1. The summed E-state index contributed by atoms with van der Waals surface area (Å²) < 4.78 is 10.6. The second-order valence-electron chi connectivity index (χ2n) is 4.54. The molecule has 1 aromatic carbocycles. The summed E-state index contributed by atoms with van der Waals surface area (Å²) in [5.41, 5.74) is 1.40. The molecule has 1 aromatic heterocycles. The maximum absolute atomic E-state index is 9.90. The van der Waals surface area contributed by atoms with Crippen molar-refractivity contribution in [2.45, 2.75) is 24.9 Å².